The van der Waals surface area contributed by atoms with Crippen molar-refractivity contribution in [2.45, 2.75) is 13.0 Å². The lowest BCUT2D eigenvalue weighted by Gasteiger charge is -2.36. The van der Waals surface area contributed by atoms with Gasteiger partial charge in [0.15, 0.2) is 0 Å². The van der Waals surface area contributed by atoms with E-state index in [4.69, 9.17) is 15.6 Å². The summed E-state index contributed by atoms with van der Waals surface area (Å²) in [4.78, 5) is 7.99. The molecule has 0 spiro atoms. The van der Waals surface area contributed by atoms with E-state index in [1.165, 1.54) is 6.07 Å². The number of halogens is 2. The highest BCUT2D eigenvalue weighted by atomic mass is 79.9. The maximum atomic E-state index is 13.5. The fourth-order valence-electron chi connectivity index (χ4n) is 3.37. The molecule has 8 heteroatoms. The molecule has 2 aliphatic rings. The van der Waals surface area contributed by atoms with Crippen LogP contribution in [0.5, 0.6) is 5.75 Å². The van der Waals surface area contributed by atoms with Crippen LogP contribution in [0.3, 0.4) is 0 Å². The number of amidine groups is 2. The molecule has 148 valence electrons. The Morgan fingerprint density at radius 1 is 1.21 bits per heavy atom. The third-order valence-corrected chi connectivity index (χ3v) is 5.60. The van der Waals surface area contributed by atoms with Gasteiger partial charge in [0.2, 0.25) is 0 Å². The van der Waals surface area contributed by atoms with Crippen LogP contribution in [0.4, 0.5) is 10.1 Å². The van der Waals surface area contributed by atoms with E-state index in [2.05, 4.69) is 20.9 Å². The van der Waals surface area contributed by atoms with E-state index < -0.39 is 0 Å². The summed E-state index contributed by atoms with van der Waals surface area (Å²) in [5.41, 5.74) is 2.45. The molecule has 0 aromatic heterocycles. The number of nitrogens with one attached hydrogen (secondary N) is 2. The molecule has 0 saturated carbocycles. The van der Waals surface area contributed by atoms with Gasteiger partial charge in [0.25, 0.3) is 0 Å². The Kier molecular flexibility index (Phi) is 5.19. The summed E-state index contributed by atoms with van der Waals surface area (Å²) < 4.78 is 19.1. The molecule has 1 unspecified atom stereocenters. The number of hydrogen-bond donors (Lipinski definition) is 2. The minimum Gasteiger partial charge on any atom is -0.497 e. The second kappa shape index (κ2) is 7.79. The summed E-state index contributed by atoms with van der Waals surface area (Å²) in [7, 11) is 1.63. The molecule has 0 bridgehead atoms. The molecule has 0 aliphatic carbocycles. The Balaban J connectivity index is 1.57. The lowest BCUT2D eigenvalue weighted by molar-refractivity contribution is 0.414. The molecule has 2 aromatic carbocycles. The van der Waals surface area contributed by atoms with Crippen LogP contribution >= 0.6 is 15.9 Å². The van der Waals surface area contributed by atoms with Crippen molar-refractivity contribution < 1.29 is 9.13 Å². The van der Waals surface area contributed by atoms with Gasteiger partial charge in [-0.15, -0.1) is 0 Å². The first-order valence-electron chi connectivity index (χ1n) is 9.02. The van der Waals surface area contributed by atoms with Gasteiger partial charge in [-0.2, -0.15) is 0 Å². The predicted octanol–water partition coefficient (Wildman–Crippen LogP) is 4.76. The molecule has 29 heavy (non-hydrogen) atoms. The second-order valence-corrected chi connectivity index (χ2v) is 7.69. The van der Waals surface area contributed by atoms with Gasteiger partial charge in [0.05, 0.1) is 23.2 Å². The minimum absolute atomic E-state index is 0.302. The van der Waals surface area contributed by atoms with Gasteiger partial charge in [-0.05, 0) is 51.8 Å². The van der Waals surface area contributed by atoms with Crippen LogP contribution in [0, 0.1) is 22.6 Å². The molecule has 0 saturated heterocycles. The molecule has 0 fully saturated rings. The topological polar surface area (TPSA) is 75.8 Å². The van der Waals surface area contributed by atoms with Crippen LogP contribution in [-0.2, 0) is 6.54 Å². The molecule has 4 rings (SSSR count). The normalized spacial score (nSPS) is 18.6. The summed E-state index contributed by atoms with van der Waals surface area (Å²) in [6.45, 7) is 0.552. The van der Waals surface area contributed by atoms with Crippen LogP contribution in [0.2, 0.25) is 0 Å². The van der Waals surface area contributed by atoms with Gasteiger partial charge < -0.3 is 9.64 Å². The maximum Gasteiger partial charge on any atom is 0.137 e. The highest BCUT2D eigenvalue weighted by Gasteiger charge is 2.34. The number of nitrogens with zero attached hydrogens (tertiary/aromatic N) is 3. The number of rotatable bonds is 4. The van der Waals surface area contributed by atoms with E-state index >= 15 is 0 Å². The van der Waals surface area contributed by atoms with E-state index in [1.807, 2.05) is 35.4 Å². The zero-order valence-corrected chi connectivity index (χ0v) is 17.3. The number of hydrogen-bond acceptors (Lipinski definition) is 4. The lowest BCUT2D eigenvalue weighted by Crippen LogP contribution is -2.44. The summed E-state index contributed by atoms with van der Waals surface area (Å²) in [5, 5.41) is 17.1. The first-order chi connectivity index (χ1) is 14.0. The van der Waals surface area contributed by atoms with Gasteiger partial charge in [0.1, 0.15) is 29.6 Å². The molecule has 0 radical (unpaired) electrons. The first-order valence-corrected chi connectivity index (χ1v) is 9.81. The zero-order valence-electron chi connectivity index (χ0n) is 15.7. The quantitative estimate of drug-likeness (QED) is 0.697. The summed E-state index contributed by atoms with van der Waals surface area (Å²) >= 11 is 3.18. The fourth-order valence-corrected chi connectivity index (χ4v) is 3.73. The molecule has 6 nitrogen and oxygen atoms in total. The smallest absolute Gasteiger partial charge is 0.137 e. The van der Waals surface area contributed by atoms with Crippen molar-refractivity contribution in [2.24, 2.45) is 10.9 Å². The summed E-state index contributed by atoms with van der Waals surface area (Å²) in [6.07, 6.45) is 3.80. The van der Waals surface area contributed by atoms with Crippen molar-refractivity contribution in [3.8, 4) is 5.75 Å². The molecular weight excluding hydrogens is 437 g/mol. The Morgan fingerprint density at radius 3 is 2.66 bits per heavy atom. The van der Waals surface area contributed by atoms with Crippen LogP contribution in [0.25, 0.3) is 0 Å². The van der Waals surface area contributed by atoms with Crippen molar-refractivity contribution in [3.05, 3.63) is 70.2 Å². The van der Waals surface area contributed by atoms with E-state index in [-0.39, 0.29) is 11.7 Å². The molecule has 2 aromatic rings. The number of anilines is 1. The molecular formula is C21H19BrFN5O. The third-order valence-electron chi connectivity index (χ3n) is 4.99. The summed E-state index contributed by atoms with van der Waals surface area (Å²) in [6, 6.07) is 12.3. The van der Waals surface area contributed by atoms with Gasteiger partial charge in [-0.3, -0.25) is 15.7 Å². The zero-order chi connectivity index (χ0) is 20.5. The van der Waals surface area contributed by atoms with Crippen molar-refractivity contribution in [1.29, 1.82) is 10.8 Å². The van der Waals surface area contributed by atoms with Crippen LogP contribution in [-0.4, -0.2) is 30.0 Å². The summed E-state index contributed by atoms with van der Waals surface area (Å²) in [5.74, 6) is 0.876. The standard InChI is InChI=1S/C21H19BrFN5O/c1-29-15-5-2-13(3-6-15)10-27-11-19-16(9-20(27)24)21(25)28(12-26-19)14-4-7-18(23)17(22)8-14/h2-8,11-12,16,24-25H,9-10H2,1H3. The number of ether oxygens (including phenoxy) is 1. The highest BCUT2D eigenvalue weighted by Crippen LogP contribution is 2.33. The first kappa shape index (κ1) is 19.3. The molecule has 2 aliphatic heterocycles. The lowest BCUT2D eigenvalue weighted by atomic mass is 9.94. The average Bonchev–Trinajstić information content (AvgIpc) is 2.72. The van der Waals surface area contributed by atoms with E-state index in [1.54, 1.807) is 30.5 Å². The molecule has 1 atom stereocenters. The molecule has 2 N–H and O–H groups in total. The van der Waals surface area contributed by atoms with E-state index in [0.717, 1.165) is 17.0 Å². The van der Waals surface area contributed by atoms with Crippen LogP contribution < -0.4 is 9.64 Å². The number of fused-ring (bicyclic) bond motifs is 1. The van der Waals surface area contributed by atoms with Crippen molar-refractivity contribution in [3.63, 3.8) is 0 Å². The molecule has 0 amide bonds. The average molecular weight is 456 g/mol. The SMILES string of the molecule is COc1ccc(CN2C=C3N=CN(c4ccc(F)c(Br)c4)C(=N)C3CC2=N)cc1. The van der Waals surface area contributed by atoms with Crippen molar-refractivity contribution in [2.75, 3.05) is 12.0 Å². The monoisotopic (exact) mass is 455 g/mol. The van der Waals surface area contributed by atoms with Gasteiger partial charge >= 0.3 is 0 Å². The van der Waals surface area contributed by atoms with Crippen LogP contribution in [0.15, 0.2) is 63.8 Å². The predicted molar refractivity (Wildman–Crippen MR) is 115 cm³/mol. The van der Waals surface area contributed by atoms with Crippen LogP contribution in [0.1, 0.15) is 12.0 Å². The Bertz CT molecular complexity index is 1030. The van der Waals surface area contributed by atoms with Crippen molar-refractivity contribution >= 4 is 39.6 Å². The number of methoxy groups -OCH3 is 1. The highest BCUT2D eigenvalue weighted by molar-refractivity contribution is 9.10. The van der Waals surface area contributed by atoms with Gasteiger partial charge in [0, 0.05) is 24.9 Å². The van der Waals surface area contributed by atoms with Crippen molar-refractivity contribution in [1.82, 2.24) is 4.90 Å². The van der Waals surface area contributed by atoms with Gasteiger partial charge in [-0.25, -0.2) is 9.38 Å². The van der Waals surface area contributed by atoms with E-state index in [9.17, 15) is 4.39 Å². The Morgan fingerprint density at radius 2 is 1.97 bits per heavy atom. The Hall–Kier alpha value is -3.00. The minimum atomic E-state index is -0.358. The van der Waals surface area contributed by atoms with E-state index in [0.29, 0.717) is 34.8 Å². The third kappa shape index (κ3) is 3.80. The maximum absolute atomic E-state index is 13.5. The number of aliphatic imine (C=N–C) groups is 1. The number of benzene rings is 2. The Labute approximate surface area is 176 Å². The van der Waals surface area contributed by atoms with Gasteiger partial charge in [-0.1, -0.05) is 12.1 Å². The fraction of sp³-hybridized carbons (Fsp3) is 0.190. The largest absolute Gasteiger partial charge is 0.497 e. The second-order valence-electron chi connectivity index (χ2n) is 6.83. The molecule has 2 heterocycles.